The summed E-state index contributed by atoms with van der Waals surface area (Å²) in [7, 11) is 0. The van der Waals surface area contributed by atoms with Gasteiger partial charge in [0.05, 0.1) is 5.60 Å². The van der Waals surface area contributed by atoms with Gasteiger partial charge in [-0.2, -0.15) is 0 Å². The van der Waals surface area contributed by atoms with Gasteiger partial charge in [0.25, 0.3) is 0 Å². The Morgan fingerprint density at radius 1 is 1.26 bits per heavy atom. The van der Waals surface area contributed by atoms with Gasteiger partial charge >= 0.3 is 0 Å². The van der Waals surface area contributed by atoms with Gasteiger partial charge in [0.15, 0.2) is 11.6 Å². The molecule has 1 heterocycles. The summed E-state index contributed by atoms with van der Waals surface area (Å²) in [5, 5.41) is 0. The Morgan fingerprint density at radius 3 is 2.74 bits per heavy atom. The number of carbonyl (C=O) groups is 2. The maximum absolute atomic E-state index is 12.4. The molecule has 1 saturated heterocycles. The molecule has 3 nitrogen and oxygen atoms in total. The van der Waals surface area contributed by atoms with Crippen molar-refractivity contribution in [2.45, 2.75) is 51.2 Å². The Balaban J connectivity index is 2.11. The van der Waals surface area contributed by atoms with E-state index in [2.05, 4.69) is 13.0 Å². The molecule has 0 aromatic heterocycles. The molecule has 0 N–H and O–H groups in total. The van der Waals surface area contributed by atoms with Crippen LogP contribution in [0.3, 0.4) is 0 Å². The average molecular weight is 260 g/mol. The Labute approximate surface area is 113 Å². The molecule has 0 aromatic rings. The summed E-state index contributed by atoms with van der Waals surface area (Å²) < 4.78 is 6.19. The van der Waals surface area contributed by atoms with Crippen LogP contribution in [0.4, 0.5) is 0 Å². The van der Waals surface area contributed by atoms with Gasteiger partial charge in [-0.05, 0) is 51.7 Å². The lowest BCUT2D eigenvalue weighted by Crippen LogP contribution is -2.48. The molecule has 1 aliphatic heterocycles. The fourth-order valence-electron chi connectivity index (χ4n) is 4.00. The van der Waals surface area contributed by atoms with E-state index >= 15 is 0 Å². The van der Waals surface area contributed by atoms with Crippen LogP contribution < -0.4 is 0 Å². The van der Waals surface area contributed by atoms with Gasteiger partial charge in [0.2, 0.25) is 0 Å². The van der Waals surface area contributed by atoms with Crippen LogP contribution >= 0.6 is 0 Å². The van der Waals surface area contributed by atoms with Crippen LogP contribution in [0.25, 0.3) is 0 Å². The van der Waals surface area contributed by atoms with Gasteiger partial charge in [0.1, 0.15) is 5.60 Å². The minimum absolute atomic E-state index is 0.00678. The normalized spacial score (nSPS) is 40.5. The lowest BCUT2D eigenvalue weighted by Gasteiger charge is -2.35. The van der Waals surface area contributed by atoms with Crippen molar-refractivity contribution in [3.63, 3.8) is 0 Å². The van der Waals surface area contributed by atoms with Crippen molar-refractivity contribution < 1.29 is 14.3 Å². The molecule has 0 saturated carbocycles. The molecule has 102 valence electrons. The zero-order valence-electron chi connectivity index (χ0n) is 11.7. The van der Waals surface area contributed by atoms with Gasteiger partial charge < -0.3 is 4.74 Å². The van der Waals surface area contributed by atoms with Crippen LogP contribution in [0.15, 0.2) is 23.8 Å². The van der Waals surface area contributed by atoms with E-state index in [1.165, 1.54) is 17.7 Å². The number of allylic oxidation sites excluding steroid dienone is 2. The maximum atomic E-state index is 12.4. The Hall–Kier alpha value is -1.22. The van der Waals surface area contributed by atoms with Crippen LogP contribution in [0.2, 0.25) is 0 Å². The lowest BCUT2D eigenvalue weighted by molar-refractivity contribution is -0.154. The van der Waals surface area contributed by atoms with Gasteiger partial charge in [-0.15, -0.1) is 0 Å². The van der Waals surface area contributed by atoms with E-state index < -0.39 is 5.60 Å². The minimum Gasteiger partial charge on any atom is -0.360 e. The Morgan fingerprint density at radius 2 is 2.00 bits per heavy atom. The highest BCUT2D eigenvalue weighted by molar-refractivity contribution is 6.10. The number of ether oxygens (including phenoxy) is 1. The van der Waals surface area contributed by atoms with Crippen molar-refractivity contribution in [1.29, 1.82) is 0 Å². The van der Waals surface area contributed by atoms with E-state index in [1.807, 2.05) is 13.8 Å². The SMILES string of the molecule is CC1=C[C@@H]2[C@H](CC1)C(C)(C)O[C@@]21CC(=O)C=CC1=O. The Kier molecular flexibility index (Phi) is 2.62. The molecule has 1 fully saturated rings. The fourth-order valence-corrected chi connectivity index (χ4v) is 4.00. The second kappa shape index (κ2) is 3.89. The standard InChI is InChI=1S/C16H20O3/c1-10-4-6-12-13(8-10)16(19-15(12,2)3)9-11(17)5-7-14(16)18/h5,7-8,12-13H,4,6,9H2,1-3H3/t12-,13+,16-/m0/s1. The molecular weight excluding hydrogens is 240 g/mol. The number of carbonyl (C=O) groups excluding carboxylic acids is 2. The predicted molar refractivity (Wildman–Crippen MR) is 71.6 cm³/mol. The van der Waals surface area contributed by atoms with Gasteiger partial charge in [0, 0.05) is 12.3 Å². The number of rotatable bonds is 0. The summed E-state index contributed by atoms with van der Waals surface area (Å²) in [5.41, 5.74) is 0.0155. The molecule has 0 aromatic carbocycles. The monoisotopic (exact) mass is 260 g/mol. The largest absolute Gasteiger partial charge is 0.360 e. The maximum Gasteiger partial charge on any atom is 0.188 e. The van der Waals surface area contributed by atoms with E-state index in [0.717, 1.165) is 12.8 Å². The van der Waals surface area contributed by atoms with Crippen molar-refractivity contribution in [1.82, 2.24) is 0 Å². The highest BCUT2D eigenvalue weighted by Gasteiger charge is 2.62. The molecule has 0 amide bonds. The molecule has 3 heteroatoms. The molecule has 0 unspecified atom stereocenters. The summed E-state index contributed by atoms with van der Waals surface area (Å²) in [6.45, 7) is 6.19. The molecule has 2 aliphatic carbocycles. The first-order valence-electron chi connectivity index (χ1n) is 6.98. The molecule has 1 spiro atoms. The molecule has 19 heavy (non-hydrogen) atoms. The third kappa shape index (κ3) is 1.75. The Bertz CT molecular complexity index is 512. The first-order valence-corrected chi connectivity index (χ1v) is 6.98. The smallest absolute Gasteiger partial charge is 0.188 e. The molecule has 0 radical (unpaired) electrons. The van der Waals surface area contributed by atoms with Crippen LogP contribution in [0, 0.1) is 11.8 Å². The van der Waals surface area contributed by atoms with Crippen molar-refractivity contribution in [2.24, 2.45) is 11.8 Å². The van der Waals surface area contributed by atoms with Crippen LogP contribution in [0.5, 0.6) is 0 Å². The van der Waals surface area contributed by atoms with Crippen molar-refractivity contribution in [3.05, 3.63) is 23.8 Å². The summed E-state index contributed by atoms with van der Waals surface area (Å²) in [6, 6.07) is 0. The average Bonchev–Trinajstić information content (AvgIpc) is 2.53. The second-order valence-corrected chi connectivity index (χ2v) is 6.62. The van der Waals surface area contributed by atoms with Gasteiger partial charge in [-0.3, -0.25) is 9.59 Å². The molecule has 3 atom stereocenters. The molecular formula is C16H20O3. The number of fused-ring (bicyclic) bond motifs is 2. The van der Waals surface area contributed by atoms with Crippen molar-refractivity contribution >= 4 is 11.6 Å². The molecule has 0 bridgehead atoms. The van der Waals surface area contributed by atoms with Crippen LogP contribution in [-0.4, -0.2) is 22.8 Å². The van der Waals surface area contributed by atoms with E-state index in [4.69, 9.17) is 4.74 Å². The molecule has 3 rings (SSSR count). The summed E-state index contributed by atoms with van der Waals surface area (Å²) in [4.78, 5) is 24.2. The number of hydrogen-bond acceptors (Lipinski definition) is 3. The highest BCUT2D eigenvalue weighted by Crippen LogP contribution is 2.54. The molecule has 3 aliphatic rings. The van der Waals surface area contributed by atoms with E-state index in [1.54, 1.807) is 0 Å². The zero-order chi connectivity index (χ0) is 13.8. The third-order valence-corrected chi connectivity index (χ3v) is 4.90. The van der Waals surface area contributed by atoms with E-state index in [-0.39, 0.29) is 29.5 Å². The summed E-state index contributed by atoms with van der Waals surface area (Å²) in [6.07, 6.45) is 7.25. The van der Waals surface area contributed by atoms with Crippen molar-refractivity contribution in [2.75, 3.05) is 0 Å². The quantitative estimate of drug-likeness (QED) is 0.629. The topological polar surface area (TPSA) is 43.4 Å². The van der Waals surface area contributed by atoms with Gasteiger partial charge in [-0.1, -0.05) is 11.6 Å². The number of hydrogen-bond donors (Lipinski definition) is 0. The van der Waals surface area contributed by atoms with E-state index in [9.17, 15) is 9.59 Å². The second-order valence-electron chi connectivity index (χ2n) is 6.62. The lowest BCUT2D eigenvalue weighted by atomic mass is 9.66. The van der Waals surface area contributed by atoms with E-state index in [0.29, 0.717) is 5.92 Å². The zero-order valence-corrected chi connectivity index (χ0v) is 11.7. The first kappa shape index (κ1) is 12.8. The number of ketones is 2. The third-order valence-electron chi connectivity index (χ3n) is 4.90. The van der Waals surface area contributed by atoms with Crippen LogP contribution in [0.1, 0.15) is 40.0 Å². The highest BCUT2D eigenvalue weighted by atomic mass is 16.5. The van der Waals surface area contributed by atoms with Crippen molar-refractivity contribution in [3.8, 4) is 0 Å². The van der Waals surface area contributed by atoms with Gasteiger partial charge in [-0.25, -0.2) is 0 Å². The predicted octanol–water partition coefficient (Wildman–Crippen LogP) is 2.60. The van der Waals surface area contributed by atoms with Crippen LogP contribution in [-0.2, 0) is 14.3 Å². The summed E-state index contributed by atoms with van der Waals surface area (Å²) >= 11 is 0. The fraction of sp³-hybridized carbons (Fsp3) is 0.625. The minimum atomic E-state index is -0.943. The summed E-state index contributed by atoms with van der Waals surface area (Å²) in [5.74, 6) is 0.309. The first-order chi connectivity index (χ1) is 8.85.